The van der Waals surface area contributed by atoms with Gasteiger partial charge in [0.1, 0.15) is 5.78 Å². The van der Waals surface area contributed by atoms with Crippen molar-refractivity contribution in [2.24, 2.45) is 85.2 Å². The average molecular weight is 931 g/mol. The summed E-state index contributed by atoms with van der Waals surface area (Å²) in [7, 11) is 0. The number of hydrogen-bond acceptors (Lipinski definition) is 7. The summed E-state index contributed by atoms with van der Waals surface area (Å²) in [4.78, 5) is 27.4. The molecule has 7 fully saturated rings. The Labute approximate surface area is 408 Å². The number of Topliss-reactive ketones (excluding diaryl/α,β-unsaturated/α-hetero) is 1. The summed E-state index contributed by atoms with van der Waals surface area (Å²) in [6, 6.07) is 0. The highest BCUT2D eigenvalue weighted by Gasteiger charge is 2.69. The van der Waals surface area contributed by atoms with Gasteiger partial charge in [0.15, 0.2) is 6.10 Å². The van der Waals surface area contributed by atoms with Gasteiger partial charge in [0.2, 0.25) is 0 Å². The number of carbonyl (C=O) groups excluding carboxylic acids is 2. The summed E-state index contributed by atoms with van der Waals surface area (Å²) >= 11 is 0. The summed E-state index contributed by atoms with van der Waals surface area (Å²) in [5.74, 6) is 3.30. The Morgan fingerprint density at radius 2 is 1.48 bits per heavy atom. The number of aliphatic hydroxyl groups excluding tert-OH is 1. The molecule has 67 heavy (non-hydrogen) atoms. The predicted molar refractivity (Wildman–Crippen MR) is 269 cm³/mol. The van der Waals surface area contributed by atoms with Crippen LogP contribution in [0.5, 0.6) is 0 Å². The first-order valence-electron chi connectivity index (χ1n) is 27.6. The van der Waals surface area contributed by atoms with Crippen LogP contribution in [0.2, 0.25) is 0 Å². The van der Waals surface area contributed by atoms with Crippen LogP contribution in [0.1, 0.15) is 219 Å². The number of ether oxygens (including phenoxy) is 2. The van der Waals surface area contributed by atoms with Gasteiger partial charge in [-0.25, -0.2) is 0 Å². The summed E-state index contributed by atoms with van der Waals surface area (Å²) < 4.78 is 13.2. The van der Waals surface area contributed by atoms with E-state index in [2.05, 4.69) is 88.8 Å². The number of esters is 1. The Morgan fingerprint density at radius 3 is 2.10 bits per heavy atom. The zero-order chi connectivity index (χ0) is 49.5. The summed E-state index contributed by atoms with van der Waals surface area (Å²) in [6.07, 6.45) is 17.7. The summed E-state index contributed by atoms with van der Waals surface area (Å²) in [5.41, 5.74) is 0.474. The van der Waals surface area contributed by atoms with E-state index in [9.17, 15) is 24.9 Å². The number of rotatable bonds is 12. The molecule has 0 spiro atoms. The topological polar surface area (TPSA) is 113 Å². The summed E-state index contributed by atoms with van der Waals surface area (Å²) in [6.45, 7) is 38.0. The summed E-state index contributed by atoms with van der Waals surface area (Å²) in [5, 5.41) is 34.7. The van der Waals surface area contributed by atoms with E-state index in [0.29, 0.717) is 66.5 Å². The van der Waals surface area contributed by atoms with Crippen molar-refractivity contribution >= 4 is 11.8 Å². The molecule has 8 aliphatic rings. The van der Waals surface area contributed by atoms with Gasteiger partial charge in [-0.05, 0) is 224 Å². The molecule has 0 unspecified atom stereocenters. The van der Waals surface area contributed by atoms with Crippen molar-refractivity contribution in [3.8, 4) is 0 Å². The maximum absolute atomic E-state index is 14.3. The molecule has 1 saturated heterocycles. The first-order valence-corrected chi connectivity index (χ1v) is 27.6. The minimum Gasteiger partial charge on any atom is -0.457 e. The molecule has 0 bridgehead atoms. The number of fused-ring (bicyclic) bond motifs is 8. The van der Waals surface area contributed by atoms with Gasteiger partial charge < -0.3 is 24.8 Å². The third-order valence-corrected chi connectivity index (χ3v) is 24.3. The van der Waals surface area contributed by atoms with Crippen molar-refractivity contribution in [1.82, 2.24) is 0 Å². The lowest BCUT2D eigenvalue weighted by atomic mass is 9.40. The Hall–Kier alpha value is -1.54. The monoisotopic (exact) mass is 931 g/mol. The lowest BCUT2D eigenvalue weighted by molar-refractivity contribution is -0.189. The average Bonchev–Trinajstić information content (AvgIpc) is 3.86. The largest absolute Gasteiger partial charge is 0.457 e. The SMILES string of the molecule is C=C(C)[C@@H]1CC[C@@H]2[C@H](CC[C@@]3(C)[C@H]([C@]4(C)CC[C@H](C(C)(C)O)O4)CC[C@]23C)[C@@]1(C)CCC(=O)O[C@@H]([C@@H](O)C[C@H](C)[C@@H]1CC[C@]2(C)C3=CC[C@H]4C(C)(C)C(=O)CC[C@]4(C)[C@H]3CC[C@@]12C)C(C)(C)O. The molecule has 6 saturated carbocycles. The fourth-order valence-electron chi connectivity index (χ4n) is 20.0. The second-order valence-corrected chi connectivity index (χ2v) is 28.7. The molecule has 7 heteroatoms. The molecule has 0 aromatic heterocycles. The first-order chi connectivity index (χ1) is 30.7. The third kappa shape index (κ3) is 7.81. The number of hydrogen-bond donors (Lipinski definition) is 3. The van der Waals surface area contributed by atoms with Crippen LogP contribution in [0.4, 0.5) is 0 Å². The molecular weight excluding hydrogens is 833 g/mol. The van der Waals surface area contributed by atoms with Gasteiger partial charge >= 0.3 is 5.97 Å². The van der Waals surface area contributed by atoms with E-state index in [1.165, 1.54) is 18.4 Å². The van der Waals surface area contributed by atoms with Crippen molar-refractivity contribution < 1.29 is 34.4 Å². The zero-order valence-electron chi connectivity index (χ0n) is 45.3. The molecule has 0 radical (unpaired) electrons. The fourth-order valence-corrected chi connectivity index (χ4v) is 20.0. The lowest BCUT2D eigenvalue weighted by Crippen LogP contribution is -2.58. The van der Waals surface area contributed by atoms with E-state index in [0.717, 1.165) is 77.0 Å². The Kier molecular flexibility index (Phi) is 13.0. The van der Waals surface area contributed by atoms with Crippen LogP contribution in [0, 0.1) is 85.2 Å². The molecular formula is C60H98O7. The minimum absolute atomic E-state index is 0.0647. The predicted octanol–water partition coefficient (Wildman–Crippen LogP) is 13.2. The Morgan fingerprint density at radius 1 is 0.821 bits per heavy atom. The molecule has 0 amide bonds. The highest BCUT2D eigenvalue weighted by molar-refractivity contribution is 5.85. The van der Waals surface area contributed by atoms with E-state index in [1.807, 2.05) is 13.8 Å². The van der Waals surface area contributed by atoms with Crippen molar-refractivity contribution in [2.45, 2.75) is 255 Å². The molecule has 0 aromatic carbocycles. The quantitative estimate of drug-likeness (QED) is 0.132. The molecule has 3 N–H and O–H groups in total. The lowest BCUT2D eigenvalue weighted by Gasteiger charge is -2.64. The highest BCUT2D eigenvalue weighted by Crippen LogP contribution is 2.76. The van der Waals surface area contributed by atoms with E-state index < -0.39 is 23.4 Å². The number of aliphatic hydroxyl groups is 3. The molecule has 0 aromatic rings. The van der Waals surface area contributed by atoms with E-state index >= 15 is 0 Å². The fraction of sp³-hybridized carbons (Fsp3) is 0.900. The molecule has 7 aliphatic carbocycles. The molecule has 7 nitrogen and oxygen atoms in total. The van der Waals surface area contributed by atoms with E-state index in [-0.39, 0.29) is 67.9 Å². The van der Waals surface area contributed by atoms with Crippen LogP contribution in [0.15, 0.2) is 23.8 Å². The maximum atomic E-state index is 14.3. The van der Waals surface area contributed by atoms with Gasteiger partial charge in [-0.1, -0.05) is 86.1 Å². The van der Waals surface area contributed by atoms with Crippen molar-refractivity contribution in [3.63, 3.8) is 0 Å². The van der Waals surface area contributed by atoms with Gasteiger partial charge in [0.05, 0.1) is 29.0 Å². The van der Waals surface area contributed by atoms with Crippen LogP contribution >= 0.6 is 0 Å². The van der Waals surface area contributed by atoms with Gasteiger partial charge in [0, 0.05) is 18.3 Å². The second kappa shape index (κ2) is 16.8. The van der Waals surface area contributed by atoms with E-state index in [1.54, 1.807) is 19.4 Å². The zero-order valence-corrected chi connectivity index (χ0v) is 45.3. The third-order valence-electron chi connectivity index (χ3n) is 24.3. The number of carbonyl (C=O) groups is 2. The minimum atomic E-state index is -1.41. The second-order valence-electron chi connectivity index (χ2n) is 28.7. The normalized spacial score (nSPS) is 47.4. The highest BCUT2D eigenvalue weighted by atomic mass is 16.6. The van der Waals surface area contributed by atoms with Crippen LogP contribution < -0.4 is 0 Å². The van der Waals surface area contributed by atoms with Crippen molar-refractivity contribution in [3.05, 3.63) is 23.8 Å². The van der Waals surface area contributed by atoms with Crippen molar-refractivity contribution in [2.75, 3.05) is 0 Å². The Balaban J connectivity index is 0.942. The van der Waals surface area contributed by atoms with E-state index in [4.69, 9.17) is 9.47 Å². The molecule has 8 rings (SSSR count). The molecule has 1 heterocycles. The van der Waals surface area contributed by atoms with Gasteiger partial charge in [-0.3, -0.25) is 9.59 Å². The molecule has 380 valence electrons. The van der Waals surface area contributed by atoms with Gasteiger partial charge in [0.25, 0.3) is 0 Å². The standard InChI is InChI=1S/C60H98O7/c1-36(2)38-17-18-42-40(23-32-59(15)46(24-33-58(42,59)14)60(16)34-26-48(67-60)52(6,7)64)54(38,10)29-27-49(63)66-50(53(8,9)65)44(61)35-37(3)39-21-30-57(13)43-19-20-45-51(4,5)47(62)25-28-55(45,11)41(43)22-31-56(39,57)12/h19,37-42,44-46,48,50,61,64-65H,1,17-18,20-35H2,2-16H3/t37-,38-,39-,40-,41-,42+,44-,45-,46+,48+,50-,54-,55+,56-,57+,58+,59-,60-/m0/s1. The van der Waals surface area contributed by atoms with Crippen LogP contribution in [-0.2, 0) is 19.1 Å². The smallest absolute Gasteiger partial charge is 0.306 e. The first kappa shape index (κ1) is 51.8. The number of allylic oxidation sites excluding steroid dienone is 3. The maximum Gasteiger partial charge on any atom is 0.306 e. The number of ketones is 1. The molecule has 18 atom stereocenters. The van der Waals surface area contributed by atoms with Crippen LogP contribution in [0.3, 0.4) is 0 Å². The van der Waals surface area contributed by atoms with Crippen LogP contribution in [-0.4, -0.2) is 62.2 Å². The van der Waals surface area contributed by atoms with Gasteiger partial charge in [-0.15, -0.1) is 0 Å². The van der Waals surface area contributed by atoms with Crippen molar-refractivity contribution in [1.29, 1.82) is 0 Å². The van der Waals surface area contributed by atoms with Crippen LogP contribution in [0.25, 0.3) is 0 Å². The Bertz CT molecular complexity index is 1970. The molecule has 1 aliphatic heterocycles. The van der Waals surface area contributed by atoms with Gasteiger partial charge in [-0.2, -0.15) is 0 Å².